The van der Waals surface area contributed by atoms with E-state index >= 15 is 0 Å². The number of hydrogen-bond donors (Lipinski definition) is 1. The molecule has 0 saturated carbocycles. The third-order valence-corrected chi connectivity index (χ3v) is 5.06. The molecule has 1 N–H and O–H groups in total. The van der Waals surface area contributed by atoms with Crippen molar-refractivity contribution in [3.05, 3.63) is 33.8 Å². The summed E-state index contributed by atoms with van der Waals surface area (Å²) in [6.07, 6.45) is 1.21. The van der Waals surface area contributed by atoms with E-state index in [2.05, 4.69) is 37.1 Å². The van der Waals surface area contributed by atoms with E-state index in [0.29, 0.717) is 28.0 Å². The van der Waals surface area contributed by atoms with Gasteiger partial charge in [-0.2, -0.15) is 0 Å². The molecule has 3 atom stereocenters. The molecule has 0 aromatic heterocycles. The Morgan fingerprint density at radius 2 is 2.10 bits per heavy atom. The van der Waals surface area contributed by atoms with E-state index in [1.807, 2.05) is 12.1 Å². The van der Waals surface area contributed by atoms with Gasteiger partial charge in [0.05, 0.1) is 10.0 Å². The first kappa shape index (κ1) is 16.1. The number of hydrogen-bond acceptors (Lipinski definition) is 2. The Labute approximate surface area is 132 Å². The van der Waals surface area contributed by atoms with Gasteiger partial charge in [-0.25, -0.2) is 0 Å². The van der Waals surface area contributed by atoms with Gasteiger partial charge in [0.15, 0.2) is 0 Å². The molecule has 3 unspecified atom stereocenters. The van der Waals surface area contributed by atoms with Crippen molar-refractivity contribution in [2.45, 2.75) is 45.8 Å². The van der Waals surface area contributed by atoms with Gasteiger partial charge in [-0.3, -0.25) is 4.90 Å². The highest BCUT2D eigenvalue weighted by Gasteiger charge is 2.29. The van der Waals surface area contributed by atoms with Gasteiger partial charge in [0.25, 0.3) is 0 Å². The van der Waals surface area contributed by atoms with E-state index in [0.717, 1.165) is 19.6 Å². The zero-order valence-electron chi connectivity index (χ0n) is 12.5. The second-order valence-corrected chi connectivity index (χ2v) is 6.75. The maximum absolute atomic E-state index is 6.12. The van der Waals surface area contributed by atoms with Gasteiger partial charge in [0.2, 0.25) is 0 Å². The molecule has 1 aromatic rings. The number of nitrogens with one attached hydrogen (secondary N) is 1. The summed E-state index contributed by atoms with van der Waals surface area (Å²) >= 11 is 12.1. The maximum Gasteiger partial charge on any atom is 0.0595 e. The minimum absolute atomic E-state index is 0.540. The van der Waals surface area contributed by atoms with Gasteiger partial charge in [0, 0.05) is 31.7 Å². The zero-order valence-corrected chi connectivity index (χ0v) is 14.0. The Hall–Kier alpha value is -0.280. The van der Waals surface area contributed by atoms with Gasteiger partial charge in [-0.05, 0) is 30.5 Å². The molecule has 1 aliphatic heterocycles. The molecule has 1 saturated heterocycles. The Morgan fingerprint density at radius 1 is 1.35 bits per heavy atom. The number of piperazine rings is 1. The fourth-order valence-corrected chi connectivity index (χ4v) is 3.21. The summed E-state index contributed by atoms with van der Waals surface area (Å²) in [5.74, 6) is 0.692. The fraction of sp³-hybridized carbons (Fsp3) is 0.625. The smallest absolute Gasteiger partial charge is 0.0595 e. The van der Waals surface area contributed by atoms with Crippen molar-refractivity contribution in [3.8, 4) is 0 Å². The summed E-state index contributed by atoms with van der Waals surface area (Å²) in [7, 11) is 0. The lowest BCUT2D eigenvalue weighted by molar-refractivity contribution is 0.0885. The van der Waals surface area contributed by atoms with E-state index in [1.54, 1.807) is 0 Å². The third kappa shape index (κ3) is 3.88. The summed E-state index contributed by atoms with van der Waals surface area (Å²) in [6.45, 7) is 9.93. The van der Waals surface area contributed by atoms with Crippen LogP contribution < -0.4 is 5.32 Å². The monoisotopic (exact) mass is 314 g/mol. The van der Waals surface area contributed by atoms with E-state index in [9.17, 15) is 0 Å². The van der Waals surface area contributed by atoms with Crippen LogP contribution in [0.5, 0.6) is 0 Å². The van der Waals surface area contributed by atoms with Crippen LogP contribution in [0.2, 0.25) is 10.0 Å². The lowest BCUT2D eigenvalue weighted by atomic mass is 9.94. The molecule has 0 bridgehead atoms. The molecule has 0 radical (unpaired) electrons. The highest BCUT2D eigenvalue weighted by molar-refractivity contribution is 6.42. The Balaban J connectivity index is 2.12. The van der Waals surface area contributed by atoms with Crippen molar-refractivity contribution >= 4 is 23.2 Å². The van der Waals surface area contributed by atoms with Crippen molar-refractivity contribution in [2.24, 2.45) is 5.92 Å². The van der Waals surface area contributed by atoms with Crippen LogP contribution in [0.1, 0.15) is 32.8 Å². The van der Waals surface area contributed by atoms with Crippen molar-refractivity contribution in [1.29, 1.82) is 0 Å². The maximum atomic E-state index is 6.12. The van der Waals surface area contributed by atoms with Gasteiger partial charge >= 0.3 is 0 Å². The molecule has 4 heteroatoms. The molecule has 2 rings (SSSR count). The molecule has 0 amide bonds. The number of nitrogens with zero attached hydrogens (tertiary/aromatic N) is 1. The lowest BCUT2D eigenvalue weighted by Gasteiger charge is -2.42. The topological polar surface area (TPSA) is 15.3 Å². The normalized spacial score (nSPS) is 25.6. The van der Waals surface area contributed by atoms with Crippen LogP contribution in [0.3, 0.4) is 0 Å². The van der Waals surface area contributed by atoms with Crippen molar-refractivity contribution in [1.82, 2.24) is 10.2 Å². The third-order valence-electron chi connectivity index (χ3n) is 4.32. The standard InChI is InChI=1S/C16H24Cl2N2/c1-4-11(2)16-8-19-12(3)9-20(16)10-13-5-6-14(17)15(18)7-13/h5-7,11-12,16,19H,4,8-10H2,1-3H3. The molecule has 1 aromatic carbocycles. The Bertz CT molecular complexity index is 450. The first-order chi connectivity index (χ1) is 9.51. The van der Waals surface area contributed by atoms with E-state index in [-0.39, 0.29) is 0 Å². The molecule has 1 heterocycles. The minimum Gasteiger partial charge on any atom is -0.311 e. The number of halogens is 2. The quantitative estimate of drug-likeness (QED) is 0.896. The van der Waals surface area contributed by atoms with Crippen LogP contribution in [0.25, 0.3) is 0 Å². The van der Waals surface area contributed by atoms with Crippen molar-refractivity contribution < 1.29 is 0 Å². The fourth-order valence-electron chi connectivity index (χ4n) is 2.89. The summed E-state index contributed by atoms with van der Waals surface area (Å²) in [4.78, 5) is 2.58. The summed E-state index contributed by atoms with van der Waals surface area (Å²) in [6, 6.07) is 7.09. The van der Waals surface area contributed by atoms with Gasteiger partial charge in [0.1, 0.15) is 0 Å². The molecule has 0 spiro atoms. The zero-order chi connectivity index (χ0) is 14.7. The molecule has 1 fully saturated rings. The van der Waals surface area contributed by atoms with Crippen LogP contribution in [-0.2, 0) is 6.54 Å². The Kier molecular flexibility index (Phi) is 5.74. The molecular formula is C16H24Cl2N2. The van der Waals surface area contributed by atoms with Crippen LogP contribution in [0.15, 0.2) is 18.2 Å². The average molecular weight is 315 g/mol. The van der Waals surface area contributed by atoms with E-state index < -0.39 is 0 Å². The van der Waals surface area contributed by atoms with E-state index in [1.165, 1.54) is 12.0 Å². The summed E-state index contributed by atoms with van der Waals surface area (Å²) in [5, 5.41) is 4.87. The second kappa shape index (κ2) is 7.13. The largest absolute Gasteiger partial charge is 0.311 e. The van der Waals surface area contributed by atoms with Crippen LogP contribution in [0.4, 0.5) is 0 Å². The van der Waals surface area contributed by atoms with Gasteiger partial charge in [-0.15, -0.1) is 0 Å². The molecule has 0 aliphatic carbocycles. The van der Waals surface area contributed by atoms with Gasteiger partial charge in [-0.1, -0.05) is 49.5 Å². The summed E-state index contributed by atoms with van der Waals surface area (Å²) < 4.78 is 0. The minimum atomic E-state index is 0.540. The van der Waals surface area contributed by atoms with Crippen LogP contribution in [0, 0.1) is 5.92 Å². The van der Waals surface area contributed by atoms with Gasteiger partial charge < -0.3 is 5.32 Å². The first-order valence-corrected chi connectivity index (χ1v) is 8.18. The molecular weight excluding hydrogens is 291 g/mol. The average Bonchev–Trinajstić information content (AvgIpc) is 2.42. The van der Waals surface area contributed by atoms with Crippen molar-refractivity contribution in [3.63, 3.8) is 0 Å². The van der Waals surface area contributed by atoms with Crippen LogP contribution >= 0.6 is 23.2 Å². The molecule has 2 nitrogen and oxygen atoms in total. The predicted molar refractivity (Wildman–Crippen MR) is 87.6 cm³/mol. The molecule has 20 heavy (non-hydrogen) atoms. The predicted octanol–water partition coefficient (Wildman–Crippen LogP) is 4.20. The van der Waals surface area contributed by atoms with Crippen molar-refractivity contribution in [2.75, 3.05) is 13.1 Å². The SMILES string of the molecule is CCC(C)C1CNC(C)CN1Cc1ccc(Cl)c(Cl)c1. The lowest BCUT2D eigenvalue weighted by Crippen LogP contribution is -2.57. The second-order valence-electron chi connectivity index (χ2n) is 5.94. The first-order valence-electron chi connectivity index (χ1n) is 7.42. The van der Waals surface area contributed by atoms with E-state index in [4.69, 9.17) is 23.2 Å². The number of rotatable bonds is 4. The number of benzene rings is 1. The highest BCUT2D eigenvalue weighted by atomic mass is 35.5. The van der Waals surface area contributed by atoms with Crippen LogP contribution in [-0.4, -0.2) is 30.1 Å². The molecule has 1 aliphatic rings. The highest BCUT2D eigenvalue weighted by Crippen LogP contribution is 2.25. The summed E-state index contributed by atoms with van der Waals surface area (Å²) in [5.41, 5.74) is 1.24. The molecule has 112 valence electrons. The Morgan fingerprint density at radius 3 is 2.75 bits per heavy atom.